The van der Waals surface area contributed by atoms with Crippen molar-refractivity contribution in [1.82, 2.24) is 0 Å². The highest BCUT2D eigenvalue weighted by Gasteiger charge is 2.13. The van der Waals surface area contributed by atoms with Crippen LogP contribution < -0.4 is 0 Å². The first kappa shape index (κ1) is 12.5. The van der Waals surface area contributed by atoms with E-state index in [1.54, 1.807) is 11.3 Å². The van der Waals surface area contributed by atoms with Gasteiger partial charge in [0.15, 0.2) is 0 Å². The van der Waals surface area contributed by atoms with Crippen LogP contribution in [0.2, 0.25) is 0 Å². The molecule has 1 nitrogen and oxygen atoms in total. The molecule has 0 aliphatic heterocycles. The fourth-order valence-corrected chi connectivity index (χ4v) is 3.46. The lowest BCUT2D eigenvalue weighted by Crippen LogP contribution is -2.00. The van der Waals surface area contributed by atoms with Crippen LogP contribution in [0.3, 0.4) is 0 Å². The van der Waals surface area contributed by atoms with Crippen LogP contribution >= 0.6 is 49.9 Å². The first-order chi connectivity index (χ1) is 7.66. The van der Waals surface area contributed by atoms with Gasteiger partial charge in [-0.25, -0.2) is 0 Å². The second kappa shape index (κ2) is 5.62. The molecular formula is C12H10BrIOS. The highest BCUT2D eigenvalue weighted by atomic mass is 127. The van der Waals surface area contributed by atoms with Crippen LogP contribution in [0.5, 0.6) is 0 Å². The van der Waals surface area contributed by atoms with Gasteiger partial charge in [0.1, 0.15) is 0 Å². The minimum Gasteiger partial charge on any atom is -0.387 e. The molecule has 1 N–H and O–H groups in total. The maximum atomic E-state index is 10.1. The summed E-state index contributed by atoms with van der Waals surface area (Å²) in [5.41, 5.74) is 1.16. The molecule has 0 saturated carbocycles. The molecule has 16 heavy (non-hydrogen) atoms. The Morgan fingerprint density at radius 1 is 1.25 bits per heavy atom. The van der Waals surface area contributed by atoms with Gasteiger partial charge in [-0.05, 0) is 67.7 Å². The Morgan fingerprint density at radius 2 is 1.94 bits per heavy atom. The highest BCUT2D eigenvalue weighted by molar-refractivity contribution is 14.1. The fraction of sp³-hybridized carbons (Fsp3) is 0.167. The van der Waals surface area contributed by atoms with E-state index in [1.807, 2.05) is 11.4 Å². The van der Waals surface area contributed by atoms with Gasteiger partial charge < -0.3 is 5.11 Å². The van der Waals surface area contributed by atoms with Crippen molar-refractivity contribution in [1.29, 1.82) is 0 Å². The molecule has 0 amide bonds. The van der Waals surface area contributed by atoms with Gasteiger partial charge >= 0.3 is 0 Å². The Balaban J connectivity index is 2.10. The number of hydrogen-bond donors (Lipinski definition) is 1. The number of aliphatic hydroxyl groups is 1. The molecule has 1 aromatic heterocycles. The maximum Gasteiger partial charge on any atom is 0.0933 e. The summed E-state index contributed by atoms with van der Waals surface area (Å²) >= 11 is 7.30. The van der Waals surface area contributed by atoms with Gasteiger partial charge in [-0.1, -0.05) is 12.1 Å². The van der Waals surface area contributed by atoms with Crippen LogP contribution in [-0.2, 0) is 6.42 Å². The van der Waals surface area contributed by atoms with Crippen molar-refractivity contribution in [2.24, 2.45) is 0 Å². The lowest BCUT2D eigenvalue weighted by atomic mass is 10.1. The van der Waals surface area contributed by atoms with Crippen molar-refractivity contribution >= 4 is 49.9 Å². The molecule has 2 aromatic rings. The largest absolute Gasteiger partial charge is 0.387 e. The molecular weight excluding hydrogens is 399 g/mol. The zero-order valence-electron chi connectivity index (χ0n) is 8.36. The summed E-state index contributed by atoms with van der Waals surface area (Å²) in [6.45, 7) is 0. The monoisotopic (exact) mass is 408 g/mol. The molecule has 1 aromatic carbocycles. The molecule has 84 valence electrons. The first-order valence-electron chi connectivity index (χ1n) is 4.82. The Bertz CT molecular complexity index is 466. The lowest BCUT2D eigenvalue weighted by molar-refractivity contribution is 0.181. The van der Waals surface area contributed by atoms with E-state index >= 15 is 0 Å². The molecule has 1 unspecified atom stereocenters. The van der Waals surface area contributed by atoms with E-state index in [1.165, 1.54) is 3.57 Å². The molecule has 0 saturated heterocycles. The summed E-state index contributed by atoms with van der Waals surface area (Å²) in [5, 5.41) is 12.1. The van der Waals surface area contributed by atoms with E-state index in [2.05, 4.69) is 62.8 Å². The Labute approximate surface area is 121 Å². The van der Waals surface area contributed by atoms with E-state index < -0.39 is 6.10 Å². The number of thiophene rings is 1. The third-order valence-electron chi connectivity index (χ3n) is 2.29. The minimum absolute atomic E-state index is 0.422. The van der Waals surface area contributed by atoms with Gasteiger partial charge in [0.25, 0.3) is 0 Å². The van der Waals surface area contributed by atoms with Crippen LogP contribution in [0, 0.1) is 3.57 Å². The molecule has 4 heteroatoms. The zero-order valence-corrected chi connectivity index (χ0v) is 12.9. The van der Waals surface area contributed by atoms with E-state index in [0.717, 1.165) is 14.9 Å². The van der Waals surface area contributed by atoms with Crippen LogP contribution in [-0.4, -0.2) is 5.11 Å². The number of aliphatic hydroxyl groups excluding tert-OH is 1. The van der Waals surface area contributed by atoms with Gasteiger partial charge in [0.05, 0.1) is 6.10 Å². The molecule has 1 heterocycles. The smallest absolute Gasteiger partial charge is 0.0933 e. The average Bonchev–Trinajstić information content (AvgIpc) is 2.68. The van der Waals surface area contributed by atoms with Crippen LogP contribution in [0.1, 0.15) is 16.5 Å². The van der Waals surface area contributed by atoms with Gasteiger partial charge in [0, 0.05) is 19.3 Å². The van der Waals surface area contributed by atoms with Gasteiger partial charge in [-0.15, -0.1) is 11.3 Å². The van der Waals surface area contributed by atoms with Crippen molar-refractivity contribution in [2.45, 2.75) is 12.5 Å². The second-order valence-corrected chi connectivity index (χ2v) is 6.53. The van der Waals surface area contributed by atoms with Crippen molar-refractivity contribution in [3.63, 3.8) is 0 Å². The van der Waals surface area contributed by atoms with Crippen molar-refractivity contribution in [2.75, 3.05) is 0 Å². The van der Waals surface area contributed by atoms with Crippen molar-refractivity contribution < 1.29 is 5.11 Å². The SMILES string of the molecule is OC(Cc1ccc(I)cc1)c1sccc1Br. The second-order valence-electron chi connectivity index (χ2n) is 3.48. The molecule has 2 rings (SSSR count). The Hall–Kier alpha value is 0.0900. The molecule has 0 radical (unpaired) electrons. The zero-order chi connectivity index (χ0) is 11.5. The van der Waals surface area contributed by atoms with Crippen LogP contribution in [0.4, 0.5) is 0 Å². The van der Waals surface area contributed by atoms with Gasteiger partial charge in [0.2, 0.25) is 0 Å². The number of rotatable bonds is 3. The predicted octanol–water partition coefficient (Wildman–Crippen LogP) is 4.39. The van der Waals surface area contributed by atoms with Crippen molar-refractivity contribution in [3.8, 4) is 0 Å². The fourth-order valence-electron chi connectivity index (χ4n) is 1.48. The van der Waals surface area contributed by atoms with Gasteiger partial charge in [-0.3, -0.25) is 0 Å². The summed E-state index contributed by atoms with van der Waals surface area (Å²) < 4.78 is 2.21. The highest BCUT2D eigenvalue weighted by Crippen LogP contribution is 2.30. The normalized spacial score (nSPS) is 12.7. The minimum atomic E-state index is -0.422. The molecule has 0 aliphatic rings. The Morgan fingerprint density at radius 3 is 2.50 bits per heavy atom. The van der Waals surface area contributed by atoms with E-state index in [4.69, 9.17) is 0 Å². The summed E-state index contributed by atoms with van der Waals surface area (Å²) in [5.74, 6) is 0. The molecule has 0 bridgehead atoms. The topological polar surface area (TPSA) is 20.2 Å². The standard InChI is InChI=1S/C12H10BrIOS/c13-10-5-6-16-12(10)11(15)7-8-1-3-9(14)4-2-8/h1-6,11,15H,7H2. The van der Waals surface area contributed by atoms with Gasteiger partial charge in [-0.2, -0.15) is 0 Å². The number of halogens is 2. The third-order valence-corrected chi connectivity index (χ3v) is 4.98. The van der Waals surface area contributed by atoms with E-state index in [9.17, 15) is 5.11 Å². The van der Waals surface area contributed by atoms with E-state index in [-0.39, 0.29) is 0 Å². The summed E-state index contributed by atoms with van der Waals surface area (Å²) in [6, 6.07) is 10.2. The number of benzene rings is 1. The quantitative estimate of drug-likeness (QED) is 0.746. The predicted molar refractivity (Wildman–Crippen MR) is 79.8 cm³/mol. The summed E-state index contributed by atoms with van der Waals surface area (Å²) in [6.07, 6.45) is 0.241. The average molecular weight is 409 g/mol. The summed E-state index contributed by atoms with van der Waals surface area (Å²) in [4.78, 5) is 0.999. The third kappa shape index (κ3) is 3.06. The molecule has 0 spiro atoms. The molecule has 0 fully saturated rings. The molecule has 0 aliphatic carbocycles. The van der Waals surface area contributed by atoms with Crippen LogP contribution in [0.25, 0.3) is 0 Å². The maximum absolute atomic E-state index is 10.1. The lowest BCUT2D eigenvalue weighted by Gasteiger charge is -2.09. The Kier molecular flexibility index (Phi) is 4.41. The summed E-state index contributed by atoms with van der Waals surface area (Å²) in [7, 11) is 0. The molecule has 1 atom stereocenters. The van der Waals surface area contributed by atoms with Crippen LogP contribution in [0.15, 0.2) is 40.2 Å². The number of hydrogen-bond acceptors (Lipinski definition) is 2. The first-order valence-corrected chi connectivity index (χ1v) is 7.57. The van der Waals surface area contributed by atoms with Crippen molar-refractivity contribution in [3.05, 3.63) is 54.2 Å². The van der Waals surface area contributed by atoms with E-state index in [0.29, 0.717) is 6.42 Å².